The van der Waals surface area contributed by atoms with Crippen molar-refractivity contribution in [2.75, 3.05) is 0 Å². The van der Waals surface area contributed by atoms with Crippen molar-refractivity contribution in [1.82, 2.24) is 0 Å². The van der Waals surface area contributed by atoms with Crippen molar-refractivity contribution in [1.29, 1.82) is 0 Å². The molecule has 0 unspecified atom stereocenters. The van der Waals surface area contributed by atoms with Gasteiger partial charge in [0.15, 0.2) is 0 Å². The number of carbonyl (C=O) groups excluding carboxylic acids is 1. The Kier molecular flexibility index (Phi) is 4.41. The molecule has 0 heterocycles. The second-order valence-corrected chi connectivity index (χ2v) is 3.46. The summed E-state index contributed by atoms with van der Waals surface area (Å²) < 4.78 is 0. The highest BCUT2D eigenvalue weighted by molar-refractivity contribution is 5.86. The van der Waals surface area contributed by atoms with E-state index >= 15 is 0 Å². The summed E-state index contributed by atoms with van der Waals surface area (Å²) >= 11 is 0. The number of hydrogen-bond acceptors (Lipinski definition) is 2. The fourth-order valence-corrected chi connectivity index (χ4v) is 1.40. The molecule has 0 saturated carbocycles. The van der Waals surface area contributed by atoms with Crippen LogP contribution in [0, 0.1) is 0 Å². The molecule has 1 aromatic rings. The van der Waals surface area contributed by atoms with E-state index in [1.54, 1.807) is 0 Å². The standard InChI is InChI=1S/C12H16N2O/c13-11(9-12(14)15)8-4-7-10-5-2-1-3-6-10/h1-3,5-6,9H,4,7-8,13H2,(H2,14,15)/b11-9+. The highest BCUT2D eigenvalue weighted by atomic mass is 16.1. The van der Waals surface area contributed by atoms with Crippen LogP contribution in [0.25, 0.3) is 0 Å². The lowest BCUT2D eigenvalue weighted by atomic mass is 10.1. The Balaban J connectivity index is 2.31. The van der Waals surface area contributed by atoms with Crippen LogP contribution < -0.4 is 11.5 Å². The van der Waals surface area contributed by atoms with Crippen molar-refractivity contribution in [2.45, 2.75) is 19.3 Å². The van der Waals surface area contributed by atoms with Gasteiger partial charge in [0.05, 0.1) is 0 Å². The van der Waals surface area contributed by atoms with Gasteiger partial charge in [0.2, 0.25) is 5.91 Å². The van der Waals surface area contributed by atoms with Crippen molar-refractivity contribution in [3.05, 3.63) is 47.7 Å². The van der Waals surface area contributed by atoms with Crippen molar-refractivity contribution in [2.24, 2.45) is 11.5 Å². The van der Waals surface area contributed by atoms with Crippen LogP contribution in [0.5, 0.6) is 0 Å². The number of carbonyl (C=O) groups is 1. The maximum atomic E-state index is 10.5. The SMILES string of the molecule is NC(=O)/C=C(/N)CCCc1ccccc1. The number of amides is 1. The van der Waals surface area contributed by atoms with Crippen molar-refractivity contribution in [3.8, 4) is 0 Å². The van der Waals surface area contributed by atoms with Gasteiger partial charge in [-0.2, -0.15) is 0 Å². The number of rotatable bonds is 5. The van der Waals surface area contributed by atoms with Crippen LogP contribution in [-0.4, -0.2) is 5.91 Å². The Labute approximate surface area is 89.8 Å². The molecule has 0 aliphatic rings. The van der Waals surface area contributed by atoms with Crippen LogP contribution in [0.2, 0.25) is 0 Å². The summed E-state index contributed by atoms with van der Waals surface area (Å²) in [4.78, 5) is 10.5. The third-order valence-corrected chi connectivity index (χ3v) is 2.10. The highest BCUT2D eigenvalue weighted by Crippen LogP contribution is 2.06. The zero-order chi connectivity index (χ0) is 11.1. The molecule has 1 rings (SSSR count). The van der Waals surface area contributed by atoms with Crippen LogP contribution in [0.4, 0.5) is 0 Å². The van der Waals surface area contributed by atoms with E-state index in [0.717, 1.165) is 12.8 Å². The van der Waals surface area contributed by atoms with E-state index in [-0.39, 0.29) is 0 Å². The van der Waals surface area contributed by atoms with Crippen LogP contribution in [0.1, 0.15) is 18.4 Å². The molecule has 0 radical (unpaired) electrons. The number of aryl methyl sites for hydroxylation is 1. The Morgan fingerprint density at radius 3 is 2.47 bits per heavy atom. The Hall–Kier alpha value is -1.77. The Morgan fingerprint density at radius 1 is 1.20 bits per heavy atom. The van der Waals surface area contributed by atoms with Crippen LogP contribution in [0.3, 0.4) is 0 Å². The molecule has 80 valence electrons. The lowest BCUT2D eigenvalue weighted by Gasteiger charge is -2.01. The first-order valence-corrected chi connectivity index (χ1v) is 4.98. The van der Waals surface area contributed by atoms with Crippen molar-refractivity contribution >= 4 is 5.91 Å². The summed E-state index contributed by atoms with van der Waals surface area (Å²) in [7, 11) is 0. The molecule has 0 saturated heterocycles. The molecule has 0 aliphatic carbocycles. The Morgan fingerprint density at radius 2 is 1.87 bits per heavy atom. The molecule has 0 bridgehead atoms. The van der Waals surface area contributed by atoms with Crippen LogP contribution >= 0.6 is 0 Å². The minimum Gasteiger partial charge on any atom is -0.402 e. The summed E-state index contributed by atoms with van der Waals surface area (Å²) in [6.45, 7) is 0. The van der Waals surface area contributed by atoms with Gasteiger partial charge in [-0.05, 0) is 24.8 Å². The summed E-state index contributed by atoms with van der Waals surface area (Å²) in [5.41, 5.74) is 12.4. The number of primary amides is 1. The predicted octanol–water partition coefficient (Wildman–Crippen LogP) is 1.34. The lowest BCUT2D eigenvalue weighted by Crippen LogP contribution is -2.10. The number of allylic oxidation sites excluding steroid dienone is 1. The van der Waals surface area contributed by atoms with Crippen LogP contribution in [-0.2, 0) is 11.2 Å². The molecule has 1 aromatic carbocycles. The van der Waals surface area contributed by atoms with Gasteiger partial charge in [-0.25, -0.2) is 0 Å². The van der Waals surface area contributed by atoms with Crippen molar-refractivity contribution in [3.63, 3.8) is 0 Å². The summed E-state index contributed by atoms with van der Waals surface area (Å²) in [5, 5.41) is 0. The Bertz CT molecular complexity index is 344. The number of benzene rings is 1. The smallest absolute Gasteiger partial charge is 0.243 e. The molecule has 3 heteroatoms. The first kappa shape index (κ1) is 11.3. The average molecular weight is 204 g/mol. The molecule has 15 heavy (non-hydrogen) atoms. The zero-order valence-electron chi connectivity index (χ0n) is 8.65. The van der Waals surface area contributed by atoms with E-state index in [1.807, 2.05) is 18.2 Å². The third-order valence-electron chi connectivity index (χ3n) is 2.10. The normalized spacial score (nSPS) is 11.3. The van der Waals surface area contributed by atoms with E-state index in [9.17, 15) is 4.79 Å². The maximum absolute atomic E-state index is 10.5. The maximum Gasteiger partial charge on any atom is 0.243 e. The third kappa shape index (κ3) is 4.86. The summed E-state index contributed by atoms with van der Waals surface area (Å²) in [5.74, 6) is -0.479. The molecule has 0 aliphatic heterocycles. The van der Waals surface area contributed by atoms with E-state index in [1.165, 1.54) is 11.6 Å². The summed E-state index contributed by atoms with van der Waals surface area (Å²) in [6.07, 6.45) is 3.89. The molecule has 0 spiro atoms. The highest BCUT2D eigenvalue weighted by Gasteiger charge is 1.95. The minimum absolute atomic E-state index is 0.479. The quantitative estimate of drug-likeness (QED) is 0.710. The topological polar surface area (TPSA) is 69.1 Å². The monoisotopic (exact) mass is 204 g/mol. The van der Waals surface area contributed by atoms with E-state index < -0.39 is 5.91 Å². The molecule has 0 aromatic heterocycles. The van der Waals surface area contributed by atoms with E-state index in [4.69, 9.17) is 11.5 Å². The van der Waals surface area contributed by atoms with Gasteiger partial charge >= 0.3 is 0 Å². The molecular formula is C12H16N2O. The van der Waals surface area contributed by atoms with Crippen molar-refractivity contribution < 1.29 is 4.79 Å². The summed E-state index contributed by atoms with van der Waals surface area (Å²) in [6, 6.07) is 10.2. The van der Waals surface area contributed by atoms with Gasteiger partial charge in [0, 0.05) is 11.8 Å². The number of hydrogen-bond donors (Lipinski definition) is 2. The van der Waals surface area contributed by atoms with Gasteiger partial charge in [0.1, 0.15) is 0 Å². The second-order valence-electron chi connectivity index (χ2n) is 3.46. The van der Waals surface area contributed by atoms with E-state index in [0.29, 0.717) is 12.1 Å². The fraction of sp³-hybridized carbons (Fsp3) is 0.250. The molecular weight excluding hydrogens is 188 g/mol. The van der Waals surface area contributed by atoms with Gasteiger partial charge in [0.25, 0.3) is 0 Å². The molecule has 0 atom stereocenters. The lowest BCUT2D eigenvalue weighted by molar-refractivity contribution is -0.113. The fourth-order valence-electron chi connectivity index (χ4n) is 1.40. The molecule has 4 N–H and O–H groups in total. The average Bonchev–Trinajstić information content (AvgIpc) is 2.18. The molecule has 3 nitrogen and oxygen atoms in total. The molecule has 1 amide bonds. The van der Waals surface area contributed by atoms with Crippen LogP contribution in [0.15, 0.2) is 42.1 Å². The van der Waals surface area contributed by atoms with Gasteiger partial charge in [-0.1, -0.05) is 30.3 Å². The predicted molar refractivity (Wildman–Crippen MR) is 60.8 cm³/mol. The largest absolute Gasteiger partial charge is 0.402 e. The second kappa shape index (κ2) is 5.86. The van der Waals surface area contributed by atoms with Gasteiger partial charge in [-0.15, -0.1) is 0 Å². The van der Waals surface area contributed by atoms with Gasteiger partial charge < -0.3 is 11.5 Å². The first-order valence-electron chi connectivity index (χ1n) is 4.98. The number of nitrogens with two attached hydrogens (primary N) is 2. The first-order chi connectivity index (χ1) is 7.18. The van der Waals surface area contributed by atoms with Gasteiger partial charge in [-0.3, -0.25) is 4.79 Å². The zero-order valence-corrected chi connectivity index (χ0v) is 8.65. The minimum atomic E-state index is -0.479. The van der Waals surface area contributed by atoms with E-state index in [2.05, 4.69) is 12.1 Å². The molecule has 0 fully saturated rings.